The number of carbonyl (C=O) groups is 2. The van der Waals surface area contributed by atoms with Gasteiger partial charge in [0.2, 0.25) is 0 Å². The molecule has 2 unspecified atom stereocenters. The highest BCUT2D eigenvalue weighted by Gasteiger charge is 2.60. The van der Waals surface area contributed by atoms with Gasteiger partial charge in [-0.25, -0.2) is 9.59 Å². The zero-order valence-electron chi connectivity index (χ0n) is 7.69. The number of hydrogen-bond acceptors (Lipinski definition) is 5. The summed E-state index contributed by atoms with van der Waals surface area (Å²) in [6.45, 7) is 7.91. The lowest BCUT2D eigenvalue weighted by Crippen LogP contribution is -2.21. The first-order valence-corrected chi connectivity index (χ1v) is 3.88. The van der Waals surface area contributed by atoms with Crippen LogP contribution in [0.25, 0.3) is 0 Å². The molecular weight excluding hydrogens is 188 g/mol. The molecule has 0 aromatic carbocycles. The van der Waals surface area contributed by atoms with Crippen LogP contribution in [0.1, 0.15) is 6.92 Å². The van der Waals surface area contributed by atoms with E-state index in [1.165, 1.54) is 6.92 Å². The summed E-state index contributed by atoms with van der Waals surface area (Å²) < 4.78 is 14.3. The molecule has 1 aliphatic heterocycles. The molecule has 0 amide bonds. The van der Waals surface area contributed by atoms with Crippen molar-refractivity contribution in [3.05, 3.63) is 25.3 Å². The van der Waals surface area contributed by atoms with Crippen LogP contribution in [0.4, 0.5) is 0 Å². The monoisotopic (exact) mass is 198 g/mol. The van der Waals surface area contributed by atoms with E-state index in [1.807, 2.05) is 0 Å². The smallest absolute Gasteiger partial charge is 0.332 e. The van der Waals surface area contributed by atoms with E-state index in [1.54, 1.807) is 0 Å². The summed E-state index contributed by atoms with van der Waals surface area (Å²) in [6.07, 6.45) is 1.13. The van der Waals surface area contributed by atoms with Gasteiger partial charge in [-0.05, 0) is 0 Å². The molecule has 5 nitrogen and oxygen atoms in total. The van der Waals surface area contributed by atoms with Crippen LogP contribution in [0.3, 0.4) is 0 Å². The normalized spacial score (nSPS) is 28.8. The highest BCUT2D eigenvalue weighted by molar-refractivity contribution is 5.82. The minimum Gasteiger partial charge on any atom is -0.425 e. The number of rotatable bonds is 4. The van der Waals surface area contributed by atoms with Crippen LogP contribution in [-0.4, -0.2) is 24.0 Å². The van der Waals surface area contributed by atoms with Gasteiger partial charge in [0.25, 0.3) is 12.1 Å². The minimum absolute atomic E-state index is 0.631. The molecule has 1 saturated heterocycles. The molecule has 0 N–H and O–H groups in total. The number of esters is 2. The first kappa shape index (κ1) is 10.5. The van der Waals surface area contributed by atoms with E-state index in [9.17, 15) is 9.59 Å². The molecule has 0 radical (unpaired) electrons. The Morgan fingerprint density at radius 1 is 1.36 bits per heavy atom. The Balaban J connectivity index is 2.42. The Morgan fingerprint density at radius 2 is 1.93 bits per heavy atom. The van der Waals surface area contributed by atoms with Crippen LogP contribution in [0.2, 0.25) is 0 Å². The third-order valence-corrected chi connectivity index (χ3v) is 1.57. The summed E-state index contributed by atoms with van der Waals surface area (Å²) in [4.78, 5) is 21.5. The molecule has 2 atom stereocenters. The summed E-state index contributed by atoms with van der Waals surface area (Å²) in [7, 11) is 0. The SMILES string of the molecule is C=CC(=O)OC1OC1(C)OC(=O)C=C. The molecule has 1 heterocycles. The second kappa shape index (κ2) is 3.63. The molecule has 0 aromatic heterocycles. The van der Waals surface area contributed by atoms with Gasteiger partial charge in [-0.1, -0.05) is 13.2 Å². The predicted molar refractivity (Wildman–Crippen MR) is 45.9 cm³/mol. The van der Waals surface area contributed by atoms with Crippen LogP contribution in [0, 0.1) is 0 Å². The van der Waals surface area contributed by atoms with Gasteiger partial charge in [0.05, 0.1) is 0 Å². The molecule has 0 aliphatic carbocycles. The molecular formula is C9H10O5. The van der Waals surface area contributed by atoms with E-state index >= 15 is 0 Å². The van der Waals surface area contributed by atoms with Crippen molar-refractivity contribution in [3.63, 3.8) is 0 Å². The maximum Gasteiger partial charge on any atom is 0.332 e. The van der Waals surface area contributed by atoms with Gasteiger partial charge in [-0.3, -0.25) is 4.74 Å². The topological polar surface area (TPSA) is 65.1 Å². The van der Waals surface area contributed by atoms with E-state index in [4.69, 9.17) is 9.47 Å². The molecule has 0 saturated carbocycles. The maximum atomic E-state index is 10.8. The Labute approximate surface area is 80.9 Å². The second-order valence-electron chi connectivity index (χ2n) is 2.73. The lowest BCUT2D eigenvalue weighted by molar-refractivity contribution is -0.153. The van der Waals surface area contributed by atoms with E-state index in [-0.39, 0.29) is 0 Å². The summed E-state index contributed by atoms with van der Waals surface area (Å²) in [5, 5.41) is 0. The molecule has 0 bridgehead atoms. The van der Waals surface area contributed by atoms with Crippen molar-refractivity contribution >= 4 is 11.9 Å². The molecule has 1 rings (SSSR count). The molecule has 1 fully saturated rings. The van der Waals surface area contributed by atoms with Gasteiger partial charge >= 0.3 is 11.9 Å². The number of carbonyl (C=O) groups excluding carboxylic acids is 2. The average Bonchev–Trinajstić information content (AvgIpc) is 2.75. The first-order chi connectivity index (χ1) is 6.51. The minimum atomic E-state index is -1.19. The number of epoxide rings is 1. The average molecular weight is 198 g/mol. The van der Waals surface area contributed by atoms with Crippen molar-refractivity contribution in [1.29, 1.82) is 0 Å². The van der Waals surface area contributed by atoms with Crippen LogP contribution >= 0.6 is 0 Å². The summed E-state index contributed by atoms with van der Waals surface area (Å²) in [5.41, 5.74) is 0. The molecule has 0 spiro atoms. The quantitative estimate of drug-likeness (QED) is 0.374. The highest BCUT2D eigenvalue weighted by atomic mass is 16.9. The fraction of sp³-hybridized carbons (Fsp3) is 0.333. The summed E-state index contributed by atoms with van der Waals surface area (Å²) in [6, 6.07) is 0. The van der Waals surface area contributed by atoms with E-state index in [2.05, 4.69) is 17.9 Å². The van der Waals surface area contributed by atoms with Crippen molar-refractivity contribution in [2.24, 2.45) is 0 Å². The Hall–Kier alpha value is -1.62. The molecule has 0 aromatic rings. The molecule has 5 heteroatoms. The van der Waals surface area contributed by atoms with Crippen LogP contribution < -0.4 is 0 Å². The van der Waals surface area contributed by atoms with Crippen molar-refractivity contribution < 1.29 is 23.8 Å². The van der Waals surface area contributed by atoms with Crippen molar-refractivity contribution in [2.45, 2.75) is 19.0 Å². The molecule has 76 valence electrons. The van der Waals surface area contributed by atoms with E-state index < -0.39 is 24.0 Å². The lowest BCUT2D eigenvalue weighted by atomic mass is 10.4. The van der Waals surface area contributed by atoms with Gasteiger partial charge in [0.1, 0.15) is 0 Å². The number of ether oxygens (including phenoxy) is 3. The van der Waals surface area contributed by atoms with E-state index in [0.29, 0.717) is 0 Å². The Bertz CT molecular complexity index is 296. The Kier molecular flexibility index (Phi) is 2.71. The van der Waals surface area contributed by atoms with Gasteiger partial charge < -0.3 is 9.47 Å². The largest absolute Gasteiger partial charge is 0.425 e. The fourth-order valence-corrected chi connectivity index (χ4v) is 0.777. The third kappa shape index (κ3) is 2.20. The van der Waals surface area contributed by atoms with Gasteiger partial charge in [0, 0.05) is 19.1 Å². The van der Waals surface area contributed by atoms with Gasteiger partial charge in [-0.2, -0.15) is 0 Å². The summed E-state index contributed by atoms with van der Waals surface area (Å²) in [5.74, 6) is -2.46. The van der Waals surface area contributed by atoms with Gasteiger partial charge in [0.15, 0.2) is 0 Å². The Morgan fingerprint density at radius 3 is 2.43 bits per heavy atom. The van der Waals surface area contributed by atoms with Crippen LogP contribution in [0.5, 0.6) is 0 Å². The third-order valence-electron chi connectivity index (χ3n) is 1.57. The van der Waals surface area contributed by atoms with Crippen LogP contribution in [-0.2, 0) is 23.8 Å². The maximum absolute atomic E-state index is 10.8. The zero-order chi connectivity index (χ0) is 10.8. The van der Waals surface area contributed by atoms with Crippen molar-refractivity contribution in [1.82, 2.24) is 0 Å². The van der Waals surface area contributed by atoms with Gasteiger partial charge in [-0.15, -0.1) is 0 Å². The zero-order valence-corrected chi connectivity index (χ0v) is 7.69. The van der Waals surface area contributed by atoms with E-state index in [0.717, 1.165) is 12.2 Å². The molecule has 1 aliphatic rings. The van der Waals surface area contributed by atoms with Crippen molar-refractivity contribution in [3.8, 4) is 0 Å². The number of hydrogen-bond donors (Lipinski definition) is 0. The summed E-state index contributed by atoms with van der Waals surface area (Å²) >= 11 is 0. The lowest BCUT2D eigenvalue weighted by Gasteiger charge is -2.05. The first-order valence-electron chi connectivity index (χ1n) is 3.88. The predicted octanol–water partition coefficient (Wildman–Crippen LogP) is 0.517. The van der Waals surface area contributed by atoms with Crippen LogP contribution in [0.15, 0.2) is 25.3 Å². The second-order valence-corrected chi connectivity index (χ2v) is 2.73. The molecule has 14 heavy (non-hydrogen) atoms. The fourth-order valence-electron chi connectivity index (χ4n) is 0.777. The highest BCUT2D eigenvalue weighted by Crippen LogP contribution is 2.38. The van der Waals surface area contributed by atoms with Crippen molar-refractivity contribution in [2.75, 3.05) is 0 Å². The standard InChI is InChI=1S/C9H10O5/c1-4-6(10)12-8-9(3,14-8)13-7(11)5-2/h4-5,8H,1-2H2,3H3.